The van der Waals surface area contributed by atoms with Crippen molar-refractivity contribution in [3.05, 3.63) is 30.2 Å². The molecule has 6 nitrogen and oxygen atoms in total. The van der Waals surface area contributed by atoms with Gasteiger partial charge in [0.05, 0.1) is 11.2 Å². The van der Waals surface area contributed by atoms with Crippen molar-refractivity contribution in [2.24, 2.45) is 5.73 Å². The molecule has 0 aromatic carbocycles. The van der Waals surface area contributed by atoms with Gasteiger partial charge in [0.2, 0.25) is 5.91 Å². The van der Waals surface area contributed by atoms with E-state index in [2.05, 4.69) is 26.8 Å². The molecular formula is C16H23N5O. The van der Waals surface area contributed by atoms with Gasteiger partial charge in [-0.15, -0.1) is 0 Å². The van der Waals surface area contributed by atoms with Gasteiger partial charge in [-0.05, 0) is 25.6 Å². The van der Waals surface area contributed by atoms with Gasteiger partial charge in [0.25, 0.3) is 0 Å². The monoisotopic (exact) mass is 301 g/mol. The lowest BCUT2D eigenvalue weighted by molar-refractivity contribution is -0.133. The van der Waals surface area contributed by atoms with Gasteiger partial charge in [-0.1, -0.05) is 6.92 Å². The Labute approximate surface area is 130 Å². The van der Waals surface area contributed by atoms with E-state index in [1.54, 1.807) is 6.20 Å². The third-order valence-corrected chi connectivity index (χ3v) is 4.83. The molecule has 1 aliphatic rings. The molecule has 6 heteroatoms. The van der Waals surface area contributed by atoms with Crippen LogP contribution in [0.15, 0.2) is 24.5 Å². The van der Waals surface area contributed by atoms with Gasteiger partial charge in [-0.2, -0.15) is 0 Å². The molecule has 0 saturated carbocycles. The molecule has 1 saturated heterocycles. The van der Waals surface area contributed by atoms with Gasteiger partial charge in [0, 0.05) is 44.0 Å². The highest BCUT2D eigenvalue weighted by molar-refractivity contribution is 5.92. The van der Waals surface area contributed by atoms with Crippen LogP contribution < -0.4 is 5.73 Å². The highest BCUT2D eigenvalue weighted by atomic mass is 16.1. The van der Waals surface area contributed by atoms with E-state index in [0.717, 1.165) is 42.8 Å². The van der Waals surface area contributed by atoms with E-state index in [4.69, 9.17) is 5.73 Å². The minimum atomic E-state index is -0.856. The number of amides is 1. The third-order valence-electron chi connectivity index (χ3n) is 4.83. The summed E-state index contributed by atoms with van der Waals surface area (Å²) in [5.41, 5.74) is 6.69. The molecule has 3 heterocycles. The number of carbonyl (C=O) groups is 1. The van der Waals surface area contributed by atoms with E-state index in [1.807, 2.05) is 25.3 Å². The average molecular weight is 301 g/mol. The largest absolute Gasteiger partial charge is 0.368 e. The van der Waals surface area contributed by atoms with Crippen LogP contribution in [-0.4, -0.2) is 58.9 Å². The van der Waals surface area contributed by atoms with Crippen molar-refractivity contribution < 1.29 is 4.79 Å². The molecule has 1 unspecified atom stereocenters. The van der Waals surface area contributed by atoms with Crippen molar-refractivity contribution in [3.8, 4) is 0 Å². The van der Waals surface area contributed by atoms with E-state index in [1.165, 1.54) is 0 Å². The Kier molecular flexibility index (Phi) is 3.88. The van der Waals surface area contributed by atoms with Crippen LogP contribution in [0.5, 0.6) is 0 Å². The smallest absolute Gasteiger partial charge is 0.244 e. The summed E-state index contributed by atoms with van der Waals surface area (Å²) in [4.78, 5) is 24.7. The normalized spacial score (nSPS) is 20.1. The average Bonchev–Trinajstić information content (AvgIpc) is 2.99. The zero-order valence-electron chi connectivity index (χ0n) is 13.2. The fourth-order valence-corrected chi connectivity index (χ4v) is 3.47. The molecule has 3 N–H and O–H groups in total. The van der Waals surface area contributed by atoms with Crippen molar-refractivity contribution in [1.29, 1.82) is 0 Å². The zero-order chi connectivity index (χ0) is 15.7. The SMILES string of the molecule is CCC(C(N)=O)(c1nccc2cc[nH]c12)N1CCN(C)CC1. The van der Waals surface area contributed by atoms with Crippen molar-refractivity contribution in [2.75, 3.05) is 33.2 Å². The Morgan fingerprint density at radius 2 is 2.09 bits per heavy atom. The van der Waals surface area contributed by atoms with Crippen LogP contribution >= 0.6 is 0 Å². The second kappa shape index (κ2) is 5.70. The molecule has 22 heavy (non-hydrogen) atoms. The molecule has 1 aliphatic heterocycles. The molecule has 1 amide bonds. The molecule has 0 aliphatic carbocycles. The molecule has 2 aromatic heterocycles. The first kappa shape index (κ1) is 15.0. The van der Waals surface area contributed by atoms with Crippen LogP contribution in [0.1, 0.15) is 19.0 Å². The van der Waals surface area contributed by atoms with Gasteiger partial charge in [0.15, 0.2) is 0 Å². The highest BCUT2D eigenvalue weighted by Gasteiger charge is 2.46. The summed E-state index contributed by atoms with van der Waals surface area (Å²) in [5, 5.41) is 1.05. The van der Waals surface area contributed by atoms with E-state index >= 15 is 0 Å². The van der Waals surface area contributed by atoms with Crippen molar-refractivity contribution in [2.45, 2.75) is 18.9 Å². The summed E-state index contributed by atoms with van der Waals surface area (Å²) in [5.74, 6) is -0.325. The number of fused-ring (bicyclic) bond motifs is 1. The van der Waals surface area contributed by atoms with Gasteiger partial charge in [0.1, 0.15) is 5.54 Å². The van der Waals surface area contributed by atoms with Crippen molar-refractivity contribution in [1.82, 2.24) is 19.8 Å². The number of H-pyrrole nitrogens is 1. The quantitative estimate of drug-likeness (QED) is 0.879. The summed E-state index contributed by atoms with van der Waals surface area (Å²) in [6.45, 7) is 5.48. The molecule has 3 rings (SSSR count). The number of primary amides is 1. The highest BCUT2D eigenvalue weighted by Crippen LogP contribution is 2.35. The first-order valence-electron chi connectivity index (χ1n) is 7.75. The van der Waals surface area contributed by atoms with Crippen LogP contribution in [0.25, 0.3) is 10.9 Å². The van der Waals surface area contributed by atoms with Crippen molar-refractivity contribution >= 4 is 16.8 Å². The lowest BCUT2D eigenvalue weighted by Crippen LogP contribution is -2.60. The molecule has 2 aromatic rings. The lowest BCUT2D eigenvalue weighted by Gasteiger charge is -2.44. The van der Waals surface area contributed by atoms with Crippen LogP contribution in [0.4, 0.5) is 0 Å². The van der Waals surface area contributed by atoms with Crippen LogP contribution in [0.3, 0.4) is 0 Å². The van der Waals surface area contributed by atoms with Crippen LogP contribution in [0.2, 0.25) is 0 Å². The maximum Gasteiger partial charge on any atom is 0.244 e. The minimum Gasteiger partial charge on any atom is -0.368 e. The topological polar surface area (TPSA) is 78.2 Å². The van der Waals surface area contributed by atoms with Gasteiger partial charge >= 0.3 is 0 Å². The molecular weight excluding hydrogens is 278 g/mol. The molecule has 1 atom stereocenters. The number of rotatable bonds is 4. The first-order valence-corrected chi connectivity index (χ1v) is 7.75. The number of piperazine rings is 1. The van der Waals surface area contributed by atoms with Crippen LogP contribution in [-0.2, 0) is 10.3 Å². The van der Waals surface area contributed by atoms with E-state index in [0.29, 0.717) is 6.42 Å². The predicted octanol–water partition coefficient (Wildman–Crippen LogP) is 0.901. The second-order valence-electron chi connectivity index (χ2n) is 5.97. The number of likely N-dealkylation sites (N-methyl/N-ethyl adjacent to an activating group) is 1. The van der Waals surface area contributed by atoms with E-state index in [-0.39, 0.29) is 5.91 Å². The minimum absolute atomic E-state index is 0.325. The maximum absolute atomic E-state index is 12.5. The first-order chi connectivity index (χ1) is 10.6. The lowest BCUT2D eigenvalue weighted by atomic mass is 9.86. The van der Waals surface area contributed by atoms with Gasteiger partial charge < -0.3 is 15.6 Å². The Hall–Kier alpha value is -1.92. The predicted molar refractivity (Wildman–Crippen MR) is 86.3 cm³/mol. The number of nitrogens with one attached hydrogen (secondary N) is 1. The zero-order valence-corrected chi connectivity index (χ0v) is 13.2. The fraction of sp³-hybridized carbons (Fsp3) is 0.500. The van der Waals surface area contributed by atoms with E-state index in [9.17, 15) is 4.79 Å². The van der Waals surface area contributed by atoms with Crippen LogP contribution in [0, 0.1) is 0 Å². The standard InChI is InChI=1S/C16H23N5O/c1-3-16(15(17)22,21-10-8-20(2)9-11-21)14-13-12(4-6-18-13)5-7-19-14/h4-7,18H,3,8-11H2,1-2H3,(H2,17,22). The molecule has 0 bridgehead atoms. The molecule has 118 valence electrons. The van der Waals surface area contributed by atoms with E-state index < -0.39 is 5.54 Å². The summed E-state index contributed by atoms with van der Waals surface area (Å²) in [6.07, 6.45) is 4.24. The number of hydrogen-bond donors (Lipinski definition) is 2. The number of hydrogen-bond acceptors (Lipinski definition) is 4. The Balaban J connectivity index is 2.14. The number of nitrogens with zero attached hydrogens (tertiary/aromatic N) is 3. The molecule has 0 spiro atoms. The summed E-state index contributed by atoms with van der Waals surface area (Å²) < 4.78 is 0. The number of nitrogens with two attached hydrogens (primary N) is 1. The summed E-state index contributed by atoms with van der Waals surface area (Å²) in [6, 6.07) is 3.94. The second-order valence-corrected chi connectivity index (χ2v) is 5.97. The molecule has 0 radical (unpaired) electrons. The Morgan fingerprint density at radius 3 is 2.73 bits per heavy atom. The summed E-state index contributed by atoms with van der Waals surface area (Å²) >= 11 is 0. The number of carbonyl (C=O) groups excluding carboxylic acids is 1. The Bertz CT molecular complexity index is 674. The van der Waals surface area contributed by atoms with Gasteiger partial charge in [-0.25, -0.2) is 0 Å². The summed E-state index contributed by atoms with van der Waals surface area (Å²) in [7, 11) is 2.10. The number of aromatic nitrogens is 2. The van der Waals surface area contributed by atoms with Crippen molar-refractivity contribution in [3.63, 3.8) is 0 Å². The van der Waals surface area contributed by atoms with Gasteiger partial charge in [-0.3, -0.25) is 14.7 Å². The maximum atomic E-state index is 12.5. The molecule has 1 fully saturated rings. The number of aromatic amines is 1. The third kappa shape index (κ3) is 2.19. The number of pyridine rings is 1. The fourth-order valence-electron chi connectivity index (χ4n) is 3.47. The Morgan fingerprint density at radius 1 is 1.36 bits per heavy atom.